The van der Waals surface area contributed by atoms with E-state index < -0.39 is 42.2 Å². The number of aromatic nitrogens is 3. The van der Waals surface area contributed by atoms with Gasteiger partial charge in [-0.1, -0.05) is 17.7 Å². The van der Waals surface area contributed by atoms with Crippen molar-refractivity contribution in [2.24, 2.45) is 11.8 Å². The Morgan fingerprint density at radius 3 is 2.00 bits per heavy atom. The van der Waals surface area contributed by atoms with Crippen LogP contribution in [-0.4, -0.2) is 99.0 Å². The molecule has 2 aromatic heterocycles. The average Bonchev–Trinajstić information content (AvgIpc) is 3.77. The highest BCUT2D eigenvalue weighted by molar-refractivity contribution is 6.32. The van der Waals surface area contributed by atoms with Gasteiger partial charge in [0.15, 0.2) is 11.6 Å². The van der Waals surface area contributed by atoms with Crippen LogP contribution in [0.5, 0.6) is 11.8 Å². The third-order valence-electron chi connectivity index (χ3n) is 9.76. The minimum atomic E-state index is -5.08. The molecule has 302 valence electrons. The zero-order chi connectivity index (χ0) is 40.5. The van der Waals surface area contributed by atoms with Gasteiger partial charge in [0, 0.05) is 24.8 Å². The van der Waals surface area contributed by atoms with Crippen molar-refractivity contribution < 1.29 is 73.2 Å². The lowest BCUT2D eigenvalue weighted by Gasteiger charge is -2.34. The number of hydrogen-bond acceptors (Lipinski definition) is 9. The predicted octanol–water partition coefficient (Wildman–Crippen LogP) is 7.89. The van der Waals surface area contributed by atoms with E-state index >= 15 is 4.39 Å². The number of ether oxygens (including phenoxy) is 2. The standard InChI is InChI=1S/C29H30ClF4N5O2.2C2HF3O2/c30-21-5-1-4-19(25(21)41-29(32,33)34)23-22(31)24-20(13-35-23)26(38-14-17-6-7-18(12-17)15-38)37-27(36-24)40-16-28-8-2-10-39(28)11-3-9-28;2*3-2(4,5)1(6)7/h1,4-5,13,17-18H,2-3,6-12,14-16H2;2*(H,6,7). The number of aliphatic carboxylic acids is 2. The number of carboxylic acids is 2. The summed E-state index contributed by atoms with van der Waals surface area (Å²) in [7, 11) is 0. The lowest BCUT2D eigenvalue weighted by atomic mass is 9.95. The summed E-state index contributed by atoms with van der Waals surface area (Å²) in [6.45, 7) is 4.06. The molecule has 1 saturated carbocycles. The lowest BCUT2D eigenvalue weighted by molar-refractivity contribution is -0.274. The summed E-state index contributed by atoms with van der Waals surface area (Å²) in [6.07, 6.45) is -6.01. The molecule has 2 atom stereocenters. The number of nitrogens with zero attached hydrogens (tertiary/aromatic N) is 5. The summed E-state index contributed by atoms with van der Waals surface area (Å²) in [5, 5.41) is 14.3. The summed E-state index contributed by atoms with van der Waals surface area (Å²) in [6, 6.07) is 4.02. The first-order valence-corrected chi connectivity index (χ1v) is 17.1. The second-order valence-corrected chi connectivity index (χ2v) is 13.8. The summed E-state index contributed by atoms with van der Waals surface area (Å²) >= 11 is 6.06. The molecule has 22 heteroatoms. The largest absolute Gasteiger partial charge is 0.573 e. The Kier molecular flexibility index (Phi) is 12.1. The molecule has 11 nitrogen and oxygen atoms in total. The van der Waals surface area contributed by atoms with Gasteiger partial charge in [-0.3, -0.25) is 9.88 Å². The topological polar surface area (TPSA) is 138 Å². The van der Waals surface area contributed by atoms with E-state index in [0.717, 1.165) is 64.7 Å². The van der Waals surface area contributed by atoms with Gasteiger partial charge in [0.1, 0.15) is 23.6 Å². The first-order chi connectivity index (χ1) is 25.6. The van der Waals surface area contributed by atoms with Crippen LogP contribution in [0, 0.1) is 17.7 Å². The molecular formula is C33H32ClF10N5O6. The van der Waals surface area contributed by atoms with Gasteiger partial charge in [-0.05, 0) is 82.0 Å². The van der Waals surface area contributed by atoms with E-state index in [-0.39, 0.29) is 33.3 Å². The van der Waals surface area contributed by atoms with Gasteiger partial charge in [-0.2, -0.15) is 36.3 Å². The van der Waals surface area contributed by atoms with Gasteiger partial charge < -0.3 is 24.6 Å². The Balaban J connectivity index is 0.000000355. The SMILES string of the molecule is Fc1c(-c2cccc(Cl)c2OC(F)(F)F)ncc2c(N3CC4CCC(C4)C3)nc(OCC34CCCN3CCC4)nc12.O=C(O)C(F)(F)F.O=C(O)C(F)(F)F. The van der Waals surface area contributed by atoms with Crippen molar-refractivity contribution in [1.29, 1.82) is 0 Å². The van der Waals surface area contributed by atoms with Crippen molar-refractivity contribution in [1.82, 2.24) is 19.9 Å². The number of fused-ring (bicyclic) bond motifs is 4. The molecule has 2 N–H and O–H groups in total. The second kappa shape index (κ2) is 16.0. The number of piperidine rings is 1. The monoisotopic (exact) mass is 819 g/mol. The van der Waals surface area contributed by atoms with Gasteiger partial charge in [0.25, 0.3) is 0 Å². The first kappa shape index (κ1) is 41.8. The molecule has 1 aliphatic carbocycles. The van der Waals surface area contributed by atoms with Crippen LogP contribution in [0.25, 0.3) is 22.2 Å². The first-order valence-electron chi connectivity index (χ1n) is 16.7. The Hall–Kier alpha value is -4.40. The fourth-order valence-electron chi connectivity index (χ4n) is 7.47. The van der Waals surface area contributed by atoms with Gasteiger partial charge in [-0.25, -0.2) is 14.0 Å². The molecule has 3 saturated heterocycles. The maximum absolute atomic E-state index is 16.3. The number of halogens is 11. The highest BCUT2D eigenvalue weighted by Gasteiger charge is 2.45. The highest BCUT2D eigenvalue weighted by Crippen LogP contribution is 2.44. The van der Waals surface area contributed by atoms with Crippen LogP contribution in [0.3, 0.4) is 0 Å². The van der Waals surface area contributed by atoms with E-state index in [1.165, 1.54) is 30.8 Å². The van der Waals surface area contributed by atoms with Crippen molar-refractivity contribution in [2.45, 2.75) is 69.2 Å². The van der Waals surface area contributed by atoms with Crippen LogP contribution >= 0.6 is 11.6 Å². The van der Waals surface area contributed by atoms with E-state index in [0.29, 0.717) is 29.6 Å². The Morgan fingerprint density at radius 1 is 0.909 bits per heavy atom. The van der Waals surface area contributed by atoms with Crippen LogP contribution in [0.15, 0.2) is 24.4 Å². The molecule has 4 aliphatic rings. The maximum atomic E-state index is 16.3. The number of carboxylic acid groups (broad SMARTS) is 2. The molecule has 0 radical (unpaired) electrons. The summed E-state index contributed by atoms with van der Waals surface area (Å²) < 4.78 is 130. The van der Waals surface area contributed by atoms with Gasteiger partial charge in [0.05, 0.1) is 15.9 Å². The normalized spacial score (nSPS) is 20.6. The highest BCUT2D eigenvalue weighted by atomic mass is 35.5. The van der Waals surface area contributed by atoms with Crippen molar-refractivity contribution in [3.63, 3.8) is 0 Å². The molecule has 3 aliphatic heterocycles. The third-order valence-corrected chi connectivity index (χ3v) is 10.1. The van der Waals surface area contributed by atoms with Gasteiger partial charge in [0.2, 0.25) is 0 Å². The minimum absolute atomic E-state index is 0.0574. The Labute approximate surface area is 310 Å². The van der Waals surface area contributed by atoms with Crippen molar-refractivity contribution >= 4 is 40.3 Å². The lowest BCUT2D eigenvalue weighted by Crippen LogP contribution is -2.43. The second-order valence-electron chi connectivity index (χ2n) is 13.4. The molecule has 0 spiro atoms. The molecule has 0 amide bonds. The zero-order valence-corrected chi connectivity index (χ0v) is 29.1. The quantitative estimate of drug-likeness (QED) is 0.235. The molecule has 2 bridgehead atoms. The van der Waals surface area contributed by atoms with Crippen LogP contribution in [0.2, 0.25) is 5.02 Å². The summed E-state index contributed by atoms with van der Waals surface area (Å²) in [5.41, 5.74) is -0.683. The molecule has 2 unspecified atom stereocenters. The van der Waals surface area contributed by atoms with E-state index in [9.17, 15) is 39.5 Å². The number of para-hydroxylation sites is 1. The third kappa shape index (κ3) is 9.89. The van der Waals surface area contributed by atoms with E-state index in [1.54, 1.807) is 0 Å². The average molecular weight is 820 g/mol. The minimum Gasteiger partial charge on any atom is -0.475 e. The molecule has 1 aromatic carbocycles. The van der Waals surface area contributed by atoms with Crippen molar-refractivity contribution in [3.8, 4) is 23.0 Å². The predicted molar refractivity (Wildman–Crippen MR) is 173 cm³/mol. The molecule has 5 heterocycles. The summed E-state index contributed by atoms with van der Waals surface area (Å²) in [5.74, 6) is -5.49. The number of benzene rings is 1. The smallest absolute Gasteiger partial charge is 0.475 e. The number of rotatable bonds is 6. The summed E-state index contributed by atoms with van der Waals surface area (Å²) in [4.78, 5) is 35.9. The van der Waals surface area contributed by atoms with E-state index in [2.05, 4.69) is 24.5 Å². The van der Waals surface area contributed by atoms with Crippen LogP contribution in [0.4, 0.5) is 49.7 Å². The van der Waals surface area contributed by atoms with Crippen molar-refractivity contribution in [2.75, 3.05) is 37.7 Å². The molecular weight excluding hydrogens is 788 g/mol. The molecule has 3 aromatic rings. The van der Waals surface area contributed by atoms with E-state index in [1.807, 2.05) is 0 Å². The molecule has 55 heavy (non-hydrogen) atoms. The maximum Gasteiger partial charge on any atom is 0.573 e. The van der Waals surface area contributed by atoms with Crippen LogP contribution in [-0.2, 0) is 9.59 Å². The zero-order valence-electron chi connectivity index (χ0n) is 28.4. The van der Waals surface area contributed by atoms with Gasteiger partial charge in [-0.15, -0.1) is 13.2 Å². The number of alkyl halides is 9. The van der Waals surface area contributed by atoms with Crippen molar-refractivity contribution in [3.05, 3.63) is 35.2 Å². The number of hydrogen-bond donors (Lipinski definition) is 2. The van der Waals surface area contributed by atoms with Crippen LogP contribution < -0.4 is 14.4 Å². The fourth-order valence-corrected chi connectivity index (χ4v) is 7.68. The fraction of sp³-hybridized carbons (Fsp3) is 0.545. The Bertz CT molecular complexity index is 1850. The Morgan fingerprint density at radius 2 is 1.47 bits per heavy atom. The molecule has 7 rings (SSSR count). The van der Waals surface area contributed by atoms with E-state index in [4.69, 9.17) is 41.1 Å². The molecule has 4 fully saturated rings. The number of anilines is 1. The van der Waals surface area contributed by atoms with Gasteiger partial charge >= 0.3 is 36.7 Å². The number of pyridine rings is 1. The number of carbonyl (C=O) groups is 2. The van der Waals surface area contributed by atoms with Crippen LogP contribution in [0.1, 0.15) is 44.9 Å².